The number of carbonyl (C=O) groups excluding carboxylic acids is 2. The molecule has 1 aromatic rings. The summed E-state index contributed by atoms with van der Waals surface area (Å²) < 4.78 is 5.17. The lowest BCUT2D eigenvalue weighted by molar-refractivity contribution is -0.120. The molecule has 5 nitrogen and oxygen atoms in total. The highest BCUT2D eigenvalue weighted by Gasteiger charge is 2.39. The van der Waals surface area contributed by atoms with Gasteiger partial charge in [0.25, 0.3) is 0 Å². The highest BCUT2D eigenvalue weighted by Crippen LogP contribution is 2.20. The van der Waals surface area contributed by atoms with Gasteiger partial charge in [-0.3, -0.25) is 9.69 Å². The van der Waals surface area contributed by atoms with Crippen LogP contribution in [0.1, 0.15) is 12.0 Å². The van der Waals surface area contributed by atoms with Crippen molar-refractivity contribution in [3.63, 3.8) is 0 Å². The molecule has 2 rings (SSSR count). The van der Waals surface area contributed by atoms with Crippen LogP contribution in [-0.4, -0.2) is 46.5 Å². The van der Waals surface area contributed by atoms with E-state index in [2.05, 4.69) is 0 Å². The molecule has 1 saturated heterocycles. The van der Waals surface area contributed by atoms with Crippen LogP contribution in [0.2, 0.25) is 0 Å². The molecular formula is C14H16ClNO4. The van der Waals surface area contributed by atoms with E-state index >= 15 is 0 Å². The molecule has 0 saturated carbocycles. The van der Waals surface area contributed by atoms with E-state index in [4.69, 9.17) is 16.3 Å². The second-order valence-electron chi connectivity index (χ2n) is 4.70. The molecular weight excluding hydrogens is 282 g/mol. The molecule has 1 aliphatic heterocycles. The second-order valence-corrected chi connectivity index (χ2v) is 4.97. The molecule has 6 heteroatoms. The number of Topliss-reactive ketones (excluding diaryl/α,β-unsaturated/α-hetero) is 1. The number of likely N-dealkylation sites (tertiary alicyclic amines) is 1. The lowest BCUT2D eigenvalue weighted by Gasteiger charge is -2.22. The van der Waals surface area contributed by atoms with Crippen molar-refractivity contribution < 1.29 is 19.4 Å². The van der Waals surface area contributed by atoms with E-state index < -0.39 is 18.2 Å². The number of alkyl halides is 1. The number of hydrogen-bond donors (Lipinski definition) is 1. The predicted octanol–water partition coefficient (Wildman–Crippen LogP) is 1.57. The third-order valence-corrected chi connectivity index (χ3v) is 3.49. The van der Waals surface area contributed by atoms with Crippen LogP contribution in [0.15, 0.2) is 30.3 Å². The number of benzene rings is 1. The van der Waals surface area contributed by atoms with Crippen molar-refractivity contribution in [2.45, 2.75) is 25.2 Å². The Morgan fingerprint density at radius 3 is 2.70 bits per heavy atom. The summed E-state index contributed by atoms with van der Waals surface area (Å²) >= 11 is 5.51. The average Bonchev–Trinajstić information content (AvgIpc) is 2.87. The van der Waals surface area contributed by atoms with Gasteiger partial charge in [-0.15, -0.1) is 11.6 Å². The number of β-amino-alcohol motifs (C(OH)–C–C–N with tert-alkyl or cyclic N) is 1. The minimum absolute atomic E-state index is 0.0981. The Balaban J connectivity index is 1.95. The highest BCUT2D eigenvalue weighted by atomic mass is 35.5. The molecule has 1 fully saturated rings. The van der Waals surface area contributed by atoms with Crippen LogP contribution in [0.25, 0.3) is 0 Å². The number of carbonyl (C=O) groups is 2. The Bertz CT molecular complexity index is 479. The van der Waals surface area contributed by atoms with E-state index in [1.165, 1.54) is 4.90 Å². The largest absolute Gasteiger partial charge is 0.445 e. The minimum atomic E-state index is -0.712. The maximum absolute atomic E-state index is 12.0. The van der Waals surface area contributed by atoms with Gasteiger partial charge in [-0.1, -0.05) is 30.3 Å². The van der Waals surface area contributed by atoms with E-state index in [0.29, 0.717) is 0 Å². The Hall–Kier alpha value is -1.59. The summed E-state index contributed by atoms with van der Waals surface area (Å²) in [7, 11) is 0. The minimum Gasteiger partial charge on any atom is -0.445 e. The van der Waals surface area contributed by atoms with Crippen molar-refractivity contribution in [3.05, 3.63) is 35.9 Å². The SMILES string of the molecule is O=C(CCl)[C@H]1C[C@@H](O)CN1C(=O)OCc1ccccc1. The number of rotatable bonds is 4. The zero-order valence-electron chi connectivity index (χ0n) is 10.9. The smallest absolute Gasteiger partial charge is 0.410 e. The number of hydrogen-bond acceptors (Lipinski definition) is 4. The van der Waals surface area contributed by atoms with Crippen LogP contribution < -0.4 is 0 Å². The fourth-order valence-corrected chi connectivity index (χ4v) is 2.39. The number of aliphatic hydroxyl groups excluding tert-OH is 1. The molecule has 0 aromatic heterocycles. The molecule has 0 radical (unpaired) electrons. The van der Waals surface area contributed by atoms with Gasteiger partial charge in [0, 0.05) is 6.42 Å². The second kappa shape index (κ2) is 6.72. The summed E-state index contributed by atoms with van der Waals surface area (Å²) in [4.78, 5) is 24.9. The summed E-state index contributed by atoms with van der Waals surface area (Å²) in [5, 5.41) is 9.60. The number of ether oxygens (including phenoxy) is 1. The molecule has 2 atom stereocenters. The van der Waals surface area contributed by atoms with Gasteiger partial charge in [0.05, 0.1) is 24.6 Å². The van der Waals surface area contributed by atoms with Crippen molar-refractivity contribution in [3.8, 4) is 0 Å². The summed E-state index contributed by atoms with van der Waals surface area (Å²) in [5.41, 5.74) is 0.862. The Kier molecular flexibility index (Phi) is 4.98. The molecule has 1 N–H and O–H groups in total. The van der Waals surface area contributed by atoms with Gasteiger partial charge in [0.15, 0.2) is 5.78 Å². The number of aliphatic hydroxyl groups is 1. The van der Waals surface area contributed by atoms with E-state index in [-0.39, 0.29) is 31.2 Å². The Labute approximate surface area is 122 Å². The first-order valence-corrected chi connectivity index (χ1v) is 6.89. The first kappa shape index (κ1) is 14.8. The van der Waals surface area contributed by atoms with Crippen LogP contribution >= 0.6 is 11.6 Å². The van der Waals surface area contributed by atoms with E-state index in [9.17, 15) is 14.7 Å². The van der Waals surface area contributed by atoms with Crippen LogP contribution in [0.3, 0.4) is 0 Å². The van der Waals surface area contributed by atoms with Crippen molar-refractivity contribution in [1.29, 1.82) is 0 Å². The molecule has 1 heterocycles. The lowest BCUT2D eigenvalue weighted by Crippen LogP contribution is -2.41. The fourth-order valence-electron chi connectivity index (χ4n) is 2.21. The monoisotopic (exact) mass is 297 g/mol. The van der Waals surface area contributed by atoms with E-state index in [1.54, 1.807) is 0 Å². The molecule has 1 aromatic carbocycles. The van der Waals surface area contributed by atoms with Gasteiger partial charge < -0.3 is 9.84 Å². The third-order valence-electron chi connectivity index (χ3n) is 3.22. The summed E-state index contributed by atoms with van der Waals surface area (Å²) in [6.07, 6.45) is -1.10. The topological polar surface area (TPSA) is 66.8 Å². The van der Waals surface area contributed by atoms with Crippen LogP contribution in [-0.2, 0) is 16.1 Å². The molecule has 0 aliphatic carbocycles. The standard InChI is InChI=1S/C14H16ClNO4/c15-7-13(18)12-6-11(17)8-16(12)14(19)20-9-10-4-2-1-3-5-10/h1-5,11-12,17H,6-9H2/t11-,12-/m1/s1. The predicted molar refractivity (Wildman–Crippen MR) is 73.5 cm³/mol. The van der Waals surface area contributed by atoms with Crippen molar-refractivity contribution in [2.75, 3.05) is 12.4 Å². The molecule has 108 valence electrons. The van der Waals surface area contributed by atoms with Gasteiger partial charge >= 0.3 is 6.09 Å². The maximum Gasteiger partial charge on any atom is 0.410 e. The summed E-state index contributed by atoms with van der Waals surface area (Å²) in [6, 6.07) is 8.56. The molecule has 0 unspecified atom stereocenters. The fraction of sp³-hybridized carbons (Fsp3) is 0.429. The number of nitrogens with zero attached hydrogens (tertiary/aromatic N) is 1. The number of ketones is 1. The van der Waals surface area contributed by atoms with Crippen LogP contribution in [0, 0.1) is 0 Å². The zero-order chi connectivity index (χ0) is 14.5. The van der Waals surface area contributed by atoms with Crippen molar-refractivity contribution >= 4 is 23.5 Å². The van der Waals surface area contributed by atoms with Crippen molar-refractivity contribution in [1.82, 2.24) is 4.90 Å². The van der Waals surface area contributed by atoms with E-state index in [0.717, 1.165) is 5.56 Å². The maximum atomic E-state index is 12.0. The average molecular weight is 298 g/mol. The Morgan fingerprint density at radius 2 is 2.05 bits per heavy atom. The molecule has 1 amide bonds. The molecule has 20 heavy (non-hydrogen) atoms. The van der Waals surface area contributed by atoms with Gasteiger partial charge in [-0.25, -0.2) is 4.79 Å². The highest BCUT2D eigenvalue weighted by molar-refractivity contribution is 6.28. The summed E-state index contributed by atoms with van der Waals surface area (Å²) in [6.45, 7) is 0.231. The molecule has 0 spiro atoms. The third kappa shape index (κ3) is 3.49. The van der Waals surface area contributed by atoms with E-state index in [1.807, 2.05) is 30.3 Å². The normalized spacial score (nSPS) is 21.8. The summed E-state index contributed by atoms with van der Waals surface area (Å²) in [5.74, 6) is -0.459. The number of amides is 1. The molecule has 0 bridgehead atoms. The van der Waals surface area contributed by atoms with Gasteiger partial charge in [-0.2, -0.15) is 0 Å². The number of halogens is 1. The zero-order valence-corrected chi connectivity index (χ0v) is 11.6. The lowest BCUT2D eigenvalue weighted by atomic mass is 10.1. The first-order valence-electron chi connectivity index (χ1n) is 6.36. The van der Waals surface area contributed by atoms with Gasteiger partial charge in [0.2, 0.25) is 0 Å². The Morgan fingerprint density at radius 1 is 1.35 bits per heavy atom. The van der Waals surface area contributed by atoms with Crippen molar-refractivity contribution in [2.24, 2.45) is 0 Å². The molecule has 1 aliphatic rings. The van der Waals surface area contributed by atoms with Gasteiger partial charge in [0.1, 0.15) is 6.61 Å². The quantitative estimate of drug-likeness (QED) is 0.857. The van der Waals surface area contributed by atoms with Crippen LogP contribution in [0.4, 0.5) is 4.79 Å². The first-order chi connectivity index (χ1) is 9.61. The van der Waals surface area contributed by atoms with Crippen LogP contribution in [0.5, 0.6) is 0 Å². The van der Waals surface area contributed by atoms with Gasteiger partial charge in [-0.05, 0) is 5.56 Å².